The molecule has 1 aliphatic carbocycles. The molecule has 1 aliphatic heterocycles. The van der Waals surface area contributed by atoms with Crippen LogP contribution < -0.4 is 5.32 Å². The highest BCUT2D eigenvalue weighted by Crippen LogP contribution is 2.39. The van der Waals surface area contributed by atoms with Crippen molar-refractivity contribution in [3.63, 3.8) is 0 Å². The minimum Gasteiger partial charge on any atom is -0.312 e. The molecule has 1 heteroatoms. The molecule has 18 heavy (non-hydrogen) atoms. The molecule has 1 aromatic rings. The predicted molar refractivity (Wildman–Crippen MR) is 76.8 cm³/mol. The van der Waals surface area contributed by atoms with Gasteiger partial charge in [-0.2, -0.15) is 0 Å². The van der Waals surface area contributed by atoms with Gasteiger partial charge in [-0.05, 0) is 67.2 Å². The highest BCUT2D eigenvalue weighted by atomic mass is 14.9. The lowest BCUT2D eigenvalue weighted by atomic mass is 9.75. The van der Waals surface area contributed by atoms with Gasteiger partial charge in [-0.1, -0.05) is 31.5 Å². The van der Waals surface area contributed by atoms with Crippen LogP contribution in [-0.2, 0) is 13.0 Å². The van der Waals surface area contributed by atoms with Crippen molar-refractivity contribution in [2.75, 3.05) is 6.54 Å². The van der Waals surface area contributed by atoms with E-state index in [1.54, 1.807) is 16.7 Å². The van der Waals surface area contributed by atoms with Gasteiger partial charge in [0.25, 0.3) is 0 Å². The Morgan fingerprint density at radius 2 is 2.00 bits per heavy atom. The lowest BCUT2D eigenvalue weighted by Gasteiger charge is -2.31. The zero-order valence-corrected chi connectivity index (χ0v) is 11.5. The molecule has 1 aromatic carbocycles. The van der Waals surface area contributed by atoms with Crippen molar-refractivity contribution >= 4 is 0 Å². The SMILES string of the molecule is CCC1CCC(c2cccc3c2CCNC3)CC1. The van der Waals surface area contributed by atoms with Gasteiger partial charge in [-0.25, -0.2) is 0 Å². The van der Waals surface area contributed by atoms with E-state index >= 15 is 0 Å². The summed E-state index contributed by atoms with van der Waals surface area (Å²) < 4.78 is 0. The summed E-state index contributed by atoms with van der Waals surface area (Å²) >= 11 is 0. The van der Waals surface area contributed by atoms with Gasteiger partial charge in [0.05, 0.1) is 0 Å². The minimum absolute atomic E-state index is 0.848. The third-order valence-electron chi connectivity index (χ3n) is 5.04. The van der Waals surface area contributed by atoms with Crippen molar-refractivity contribution in [1.82, 2.24) is 5.32 Å². The summed E-state index contributed by atoms with van der Waals surface area (Å²) in [6, 6.07) is 6.98. The smallest absolute Gasteiger partial charge is 0.0208 e. The Bertz CT molecular complexity index is 402. The molecule has 1 saturated carbocycles. The van der Waals surface area contributed by atoms with E-state index in [1.165, 1.54) is 38.5 Å². The number of nitrogens with one attached hydrogen (secondary N) is 1. The van der Waals surface area contributed by atoms with Crippen LogP contribution in [0.1, 0.15) is 61.6 Å². The number of fused-ring (bicyclic) bond motifs is 1. The van der Waals surface area contributed by atoms with E-state index in [1.807, 2.05) is 0 Å². The Kier molecular flexibility index (Phi) is 3.69. The van der Waals surface area contributed by atoms with Gasteiger partial charge in [0.1, 0.15) is 0 Å². The van der Waals surface area contributed by atoms with Crippen molar-refractivity contribution in [2.24, 2.45) is 5.92 Å². The molecule has 0 unspecified atom stereocenters. The van der Waals surface area contributed by atoms with Crippen molar-refractivity contribution < 1.29 is 0 Å². The zero-order chi connectivity index (χ0) is 12.4. The van der Waals surface area contributed by atoms with E-state index in [-0.39, 0.29) is 0 Å². The van der Waals surface area contributed by atoms with Crippen LogP contribution in [0.25, 0.3) is 0 Å². The molecule has 1 fully saturated rings. The Hall–Kier alpha value is -0.820. The zero-order valence-electron chi connectivity index (χ0n) is 11.5. The normalized spacial score (nSPS) is 27.8. The van der Waals surface area contributed by atoms with Crippen molar-refractivity contribution in [2.45, 2.75) is 57.9 Å². The van der Waals surface area contributed by atoms with Gasteiger partial charge in [-0.15, -0.1) is 0 Å². The number of hydrogen-bond acceptors (Lipinski definition) is 1. The third kappa shape index (κ3) is 2.33. The largest absolute Gasteiger partial charge is 0.312 e. The molecule has 0 saturated heterocycles. The van der Waals surface area contributed by atoms with E-state index in [4.69, 9.17) is 0 Å². The van der Waals surface area contributed by atoms with E-state index < -0.39 is 0 Å². The van der Waals surface area contributed by atoms with Gasteiger partial charge >= 0.3 is 0 Å². The molecule has 3 rings (SSSR count). The molecule has 0 spiro atoms. The quantitative estimate of drug-likeness (QED) is 0.827. The van der Waals surface area contributed by atoms with Crippen LogP contribution in [-0.4, -0.2) is 6.54 Å². The Balaban J connectivity index is 1.80. The molecule has 1 heterocycles. The summed E-state index contributed by atoms with van der Waals surface area (Å²) in [7, 11) is 0. The Morgan fingerprint density at radius 1 is 1.17 bits per heavy atom. The average molecular weight is 243 g/mol. The Morgan fingerprint density at radius 3 is 2.78 bits per heavy atom. The second-order valence-corrected chi connectivity index (χ2v) is 6.04. The summed E-state index contributed by atoms with van der Waals surface area (Å²) in [6.07, 6.45) is 8.35. The van der Waals surface area contributed by atoms with E-state index in [2.05, 4.69) is 30.4 Å². The molecule has 0 aromatic heterocycles. The first-order valence-corrected chi connectivity index (χ1v) is 7.70. The summed E-state index contributed by atoms with van der Waals surface area (Å²) in [6.45, 7) is 4.59. The van der Waals surface area contributed by atoms with Gasteiger partial charge in [0.15, 0.2) is 0 Å². The molecule has 0 atom stereocenters. The van der Waals surface area contributed by atoms with Crippen molar-refractivity contribution in [1.29, 1.82) is 0 Å². The fourth-order valence-electron chi connectivity index (χ4n) is 3.83. The standard InChI is InChI=1S/C17H25N/c1-2-13-6-8-14(9-7-13)16-5-3-4-15-12-18-11-10-17(15)16/h3-5,13-14,18H,2,6-12H2,1H3. The fraction of sp³-hybridized carbons (Fsp3) is 0.647. The number of benzene rings is 1. The lowest BCUT2D eigenvalue weighted by Crippen LogP contribution is -2.25. The van der Waals surface area contributed by atoms with E-state index in [0.717, 1.165) is 24.9 Å². The first-order valence-electron chi connectivity index (χ1n) is 7.70. The van der Waals surface area contributed by atoms with Crippen LogP contribution in [0.15, 0.2) is 18.2 Å². The van der Waals surface area contributed by atoms with E-state index in [0.29, 0.717) is 0 Å². The molecular weight excluding hydrogens is 218 g/mol. The highest BCUT2D eigenvalue weighted by Gasteiger charge is 2.24. The lowest BCUT2D eigenvalue weighted by molar-refractivity contribution is 0.317. The van der Waals surface area contributed by atoms with Gasteiger partial charge < -0.3 is 5.32 Å². The molecule has 0 amide bonds. The molecule has 0 bridgehead atoms. The maximum absolute atomic E-state index is 3.49. The summed E-state index contributed by atoms with van der Waals surface area (Å²) in [4.78, 5) is 0. The van der Waals surface area contributed by atoms with E-state index in [9.17, 15) is 0 Å². The van der Waals surface area contributed by atoms with Crippen LogP contribution >= 0.6 is 0 Å². The van der Waals surface area contributed by atoms with Gasteiger partial charge in [0, 0.05) is 6.54 Å². The summed E-state index contributed by atoms with van der Waals surface area (Å²) in [5, 5.41) is 3.49. The second kappa shape index (κ2) is 5.44. The number of hydrogen-bond donors (Lipinski definition) is 1. The molecule has 2 aliphatic rings. The Labute approximate surface area is 111 Å². The molecule has 98 valence electrons. The predicted octanol–water partition coefficient (Wildman–Crippen LogP) is 4.02. The van der Waals surface area contributed by atoms with Gasteiger partial charge in [0.2, 0.25) is 0 Å². The maximum atomic E-state index is 3.49. The van der Waals surface area contributed by atoms with Crippen LogP contribution in [0.3, 0.4) is 0 Å². The molecular formula is C17H25N. The molecule has 1 nitrogen and oxygen atoms in total. The monoisotopic (exact) mass is 243 g/mol. The molecule has 1 N–H and O–H groups in total. The van der Waals surface area contributed by atoms with Crippen LogP contribution in [0, 0.1) is 5.92 Å². The van der Waals surface area contributed by atoms with Crippen LogP contribution in [0.2, 0.25) is 0 Å². The second-order valence-electron chi connectivity index (χ2n) is 6.04. The van der Waals surface area contributed by atoms with Crippen LogP contribution in [0.5, 0.6) is 0 Å². The van der Waals surface area contributed by atoms with Crippen LogP contribution in [0.4, 0.5) is 0 Å². The first-order chi connectivity index (χ1) is 8.88. The third-order valence-corrected chi connectivity index (χ3v) is 5.04. The first kappa shape index (κ1) is 12.2. The maximum Gasteiger partial charge on any atom is 0.0208 e. The van der Waals surface area contributed by atoms with Crippen molar-refractivity contribution in [3.05, 3.63) is 34.9 Å². The number of rotatable bonds is 2. The fourth-order valence-corrected chi connectivity index (χ4v) is 3.83. The summed E-state index contributed by atoms with van der Waals surface area (Å²) in [5.41, 5.74) is 4.91. The van der Waals surface area contributed by atoms with Gasteiger partial charge in [-0.3, -0.25) is 0 Å². The molecule has 0 radical (unpaired) electrons. The topological polar surface area (TPSA) is 12.0 Å². The minimum atomic E-state index is 0.848. The average Bonchev–Trinajstić information content (AvgIpc) is 2.47. The van der Waals surface area contributed by atoms with Crippen molar-refractivity contribution in [3.8, 4) is 0 Å². The summed E-state index contributed by atoms with van der Waals surface area (Å²) in [5.74, 6) is 1.85. The highest BCUT2D eigenvalue weighted by molar-refractivity contribution is 5.39.